The van der Waals surface area contributed by atoms with Gasteiger partial charge in [-0.05, 0) is 32.1 Å². The van der Waals surface area contributed by atoms with Gasteiger partial charge in [0.15, 0.2) is 0 Å². The fraction of sp³-hybridized carbons (Fsp3) is 0.636. The summed E-state index contributed by atoms with van der Waals surface area (Å²) in [5, 5.41) is 2.59. The third kappa shape index (κ3) is 4.14. The van der Waals surface area contributed by atoms with Crippen molar-refractivity contribution in [2.24, 2.45) is 5.92 Å². The zero-order valence-corrected chi connectivity index (χ0v) is 8.99. The quantitative estimate of drug-likeness (QED) is 0.431. The number of ether oxygens (including phenoxy) is 1. The highest BCUT2D eigenvalue weighted by Crippen LogP contribution is 2.16. The Labute approximate surface area is 89.7 Å². The standard InChI is InChI=1S/C11H17NO3/c1-2-15-11(14)10(13)12-8-9-6-4-3-5-7-9/h3-4,9H,2,5-8H2,1H3,(H,12,13). The van der Waals surface area contributed by atoms with E-state index in [2.05, 4.69) is 22.2 Å². The van der Waals surface area contributed by atoms with E-state index in [1.807, 2.05) is 0 Å². The summed E-state index contributed by atoms with van der Waals surface area (Å²) in [5.74, 6) is -0.969. The van der Waals surface area contributed by atoms with Gasteiger partial charge in [-0.25, -0.2) is 4.79 Å². The number of hydrogen-bond donors (Lipinski definition) is 1. The van der Waals surface area contributed by atoms with E-state index < -0.39 is 11.9 Å². The minimum Gasteiger partial charge on any atom is -0.459 e. The van der Waals surface area contributed by atoms with Gasteiger partial charge in [0.1, 0.15) is 0 Å². The number of nitrogens with one attached hydrogen (secondary N) is 1. The van der Waals surface area contributed by atoms with Crippen LogP contribution in [0, 0.1) is 5.92 Å². The molecule has 0 aromatic carbocycles. The van der Waals surface area contributed by atoms with Crippen LogP contribution in [-0.4, -0.2) is 25.0 Å². The molecule has 4 nitrogen and oxygen atoms in total. The molecule has 1 aliphatic rings. The Morgan fingerprint density at radius 1 is 1.47 bits per heavy atom. The third-order valence-corrected chi connectivity index (χ3v) is 2.39. The molecule has 0 aliphatic heterocycles. The van der Waals surface area contributed by atoms with E-state index in [9.17, 15) is 9.59 Å². The Bertz CT molecular complexity index is 261. The fourth-order valence-corrected chi connectivity index (χ4v) is 1.55. The molecule has 1 N–H and O–H groups in total. The van der Waals surface area contributed by atoms with E-state index in [0.717, 1.165) is 19.3 Å². The number of carbonyl (C=O) groups excluding carboxylic acids is 2. The average molecular weight is 211 g/mol. The van der Waals surface area contributed by atoms with E-state index in [1.165, 1.54) is 0 Å². The molecule has 84 valence electrons. The fourth-order valence-electron chi connectivity index (χ4n) is 1.55. The van der Waals surface area contributed by atoms with Crippen molar-refractivity contribution in [3.8, 4) is 0 Å². The topological polar surface area (TPSA) is 55.4 Å². The van der Waals surface area contributed by atoms with Gasteiger partial charge >= 0.3 is 11.9 Å². The number of allylic oxidation sites excluding steroid dienone is 2. The van der Waals surface area contributed by atoms with Gasteiger partial charge in [-0.3, -0.25) is 4.79 Å². The summed E-state index contributed by atoms with van der Waals surface area (Å²) in [6, 6.07) is 0. The van der Waals surface area contributed by atoms with E-state index in [1.54, 1.807) is 6.92 Å². The van der Waals surface area contributed by atoms with Crippen LogP contribution in [0.5, 0.6) is 0 Å². The second kappa shape index (κ2) is 6.22. The molecule has 15 heavy (non-hydrogen) atoms. The van der Waals surface area contributed by atoms with Crippen molar-refractivity contribution >= 4 is 11.9 Å². The number of esters is 1. The summed E-state index contributed by atoms with van der Waals surface area (Å²) < 4.78 is 4.58. The molecule has 1 atom stereocenters. The van der Waals surface area contributed by atoms with Gasteiger partial charge in [-0.15, -0.1) is 0 Å². The Morgan fingerprint density at radius 3 is 2.87 bits per heavy atom. The summed E-state index contributed by atoms with van der Waals surface area (Å²) in [4.78, 5) is 22.1. The van der Waals surface area contributed by atoms with Crippen LogP contribution < -0.4 is 5.32 Å². The lowest BCUT2D eigenvalue weighted by Crippen LogP contribution is -2.36. The molecule has 1 rings (SSSR count). The van der Waals surface area contributed by atoms with Crippen LogP contribution >= 0.6 is 0 Å². The van der Waals surface area contributed by atoms with Gasteiger partial charge in [-0.2, -0.15) is 0 Å². The molecule has 0 aromatic heterocycles. The molecular weight excluding hydrogens is 194 g/mol. The van der Waals surface area contributed by atoms with Gasteiger partial charge in [0.25, 0.3) is 0 Å². The first-order chi connectivity index (χ1) is 7.24. The summed E-state index contributed by atoms with van der Waals surface area (Å²) >= 11 is 0. The normalized spacial score (nSPS) is 19.7. The number of rotatable bonds is 3. The van der Waals surface area contributed by atoms with E-state index in [0.29, 0.717) is 12.5 Å². The summed E-state index contributed by atoms with van der Waals surface area (Å²) in [7, 11) is 0. The molecule has 0 fully saturated rings. The van der Waals surface area contributed by atoms with Crippen molar-refractivity contribution in [3.63, 3.8) is 0 Å². The predicted octanol–water partition coefficient (Wildman–Crippen LogP) is 1.02. The van der Waals surface area contributed by atoms with E-state index >= 15 is 0 Å². The Balaban J connectivity index is 2.21. The molecule has 0 saturated carbocycles. The highest BCUT2D eigenvalue weighted by atomic mass is 16.5. The van der Waals surface area contributed by atoms with Crippen LogP contribution in [0.2, 0.25) is 0 Å². The lowest BCUT2D eigenvalue weighted by atomic mass is 9.94. The van der Waals surface area contributed by atoms with Crippen molar-refractivity contribution in [1.82, 2.24) is 5.32 Å². The molecule has 0 bridgehead atoms. The Hall–Kier alpha value is -1.32. The maximum atomic E-state index is 11.2. The third-order valence-electron chi connectivity index (χ3n) is 2.39. The molecule has 0 heterocycles. The highest BCUT2D eigenvalue weighted by Gasteiger charge is 2.16. The van der Waals surface area contributed by atoms with Crippen molar-refractivity contribution in [2.45, 2.75) is 26.2 Å². The van der Waals surface area contributed by atoms with Crippen molar-refractivity contribution in [3.05, 3.63) is 12.2 Å². The molecule has 0 spiro atoms. The second-order valence-corrected chi connectivity index (χ2v) is 3.58. The van der Waals surface area contributed by atoms with Crippen molar-refractivity contribution in [2.75, 3.05) is 13.2 Å². The Kier molecular flexibility index (Phi) is 4.87. The molecule has 0 radical (unpaired) electrons. The molecule has 1 unspecified atom stereocenters. The maximum Gasteiger partial charge on any atom is 0.396 e. The van der Waals surface area contributed by atoms with Crippen LogP contribution in [0.1, 0.15) is 26.2 Å². The van der Waals surface area contributed by atoms with Crippen LogP contribution in [0.4, 0.5) is 0 Å². The summed E-state index contributed by atoms with van der Waals surface area (Å²) in [6.45, 7) is 2.47. The smallest absolute Gasteiger partial charge is 0.396 e. The van der Waals surface area contributed by atoms with Gasteiger partial charge in [-0.1, -0.05) is 12.2 Å². The Morgan fingerprint density at radius 2 is 2.27 bits per heavy atom. The maximum absolute atomic E-state index is 11.2. The van der Waals surface area contributed by atoms with Gasteiger partial charge < -0.3 is 10.1 Å². The molecule has 1 aliphatic carbocycles. The molecular formula is C11H17NO3. The van der Waals surface area contributed by atoms with Crippen LogP contribution in [-0.2, 0) is 14.3 Å². The SMILES string of the molecule is CCOC(=O)C(=O)NCC1CC=CCC1. The second-order valence-electron chi connectivity index (χ2n) is 3.58. The average Bonchev–Trinajstić information content (AvgIpc) is 2.27. The molecule has 0 saturated heterocycles. The van der Waals surface area contributed by atoms with Crippen LogP contribution in [0.25, 0.3) is 0 Å². The zero-order chi connectivity index (χ0) is 11.1. The molecule has 1 amide bonds. The number of amides is 1. The molecule has 4 heteroatoms. The number of carbonyl (C=O) groups is 2. The van der Waals surface area contributed by atoms with Crippen molar-refractivity contribution < 1.29 is 14.3 Å². The summed E-state index contributed by atoms with van der Waals surface area (Å²) in [6.07, 6.45) is 7.36. The number of hydrogen-bond acceptors (Lipinski definition) is 3. The minimum atomic E-state index is -0.788. The zero-order valence-electron chi connectivity index (χ0n) is 8.99. The first kappa shape index (κ1) is 11.8. The highest BCUT2D eigenvalue weighted by molar-refractivity contribution is 6.32. The van der Waals surface area contributed by atoms with Gasteiger partial charge in [0.2, 0.25) is 0 Å². The lowest BCUT2D eigenvalue weighted by Gasteiger charge is -2.17. The van der Waals surface area contributed by atoms with Crippen LogP contribution in [0.3, 0.4) is 0 Å². The lowest BCUT2D eigenvalue weighted by molar-refractivity contribution is -0.154. The predicted molar refractivity (Wildman–Crippen MR) is 56.1 cm³/mol. The monoisotopic (exact) mass is 211 g/mol. The van der Waals surface area contributed by atoms with Gasteiger partial charge in [0.05, 0.1) is 6.61 Å². The minimum absolute atomic E-state index is 0.235. The first-order valence-corrected chi connectivity index (χ1v) is 5.34. The largest absolute Gasteiger partial charge is 0.459 e. The van der Waals surface area contributed by atoms with Crippen molar-refractivity contribution in [1.29, 1.82) is 0 Å². The van der Waals surface area contributed by atoms with Gasteiger partial charge in [0, 0.05) is 6.54 Å². The summed E-state index contributed by atoms with van der Waals surface area (Å²) in [5.41, 5.74) is 0. The molecule has 0 aromatic rings. The van der Waals surface area contributed by atoms with Crippen LogP contribution in [0.15, 0.2) is 12.2 Å². The first-order valence-electron chi connectivity index (χ1n) is 5.34. The van der Waals surface area contributed by atoms with E-state index in [-0.39, 0.29) is 6.61 Å². The van der Waals surface area contributed by atoms with E-state index in [4.69, 9.17) is 0 Å².